The number of rotatable bonds is 4. The first-order valence-corrected chi connectivity index (χ1v) is 7.65. The Balaban J connectivity index is 2.50. The highest BCUT2D eigenvalue weighted by Crippen LogP contribution is 2.27. The van der Waals surface area contributed by atoms with Gasteiger partial charge in [-0.05, 0) is 35.6 Å². The molecule has 0 fully saturated rings. The van der Waals surface area contributed by atoms with Crippen LogP contribution in [0.2, 0.25) is 0 Å². The zero-order chi connectivity index (χ0) is 14.9. The molecule has 0 bridgehead atoms. The van der Waals surface area contributed by atoms with E-state index < -0.39 is 0 Å². The zero-order valence-corrected chi connectivity index (χ0v) is 14.0. The predicted molar refractivity (Wildman–Crippen MR) is 85.4 cm³/mol. The van der Waals surface area contributed by atoms with Crippen molar-refractivity contribution >= 4 is 51.1 Å². The van der Waals surface area contributed by atoms with Gasteiger partial charge in [-0.2, -0.15) is 0 Å². The van der Waals surface area contributed by atoms with Crippen molar-refractivity contribution in [1.82, 2.24) is 14.9 Å². The van der Waals surface area contributed by atoms with Gasteiger partial charge in [-0.25, -0.2) is 9.37 Å². The van der Waals surface area contributed by atoms with Crippen molar-refractivity contribution in [2.75, 3.05) is 7.05 Å². The molecule has 20 heavy (non-hydrogen) atoms. The van der Waals surface area contributed by atoms with Gasteiger partial charge in [0.25, 0.3) is 0 Å². The molecular formula is C13H14ClFIN3O. The van der Waals surface area contributed by atoms with Crippen LogP contribution >= 0.6 is 34.2 Å². The molecule has 2 rings (SSSR count). The van der Waals surface area contributed by atoms with E-state index in [9.17, 15) is 9.18 Å². The molecule has 7 heteroatoms. The molecule has 108 valence electrons. The molecule has 0 saturated carbocycles. The van der Waals surface area contributed by atoms with Gasteiger partial charge in [-0.15, -0.1) is 11.6 Å². The maximum Gasteiger partial charge on any atom is 0.221 e. The smallest absolute Gasteiger partial charge is 0.221 e. The Hall–Kier alpha value is -0.890. The summed E-state index contributed by atoms with van der Waals surface area (Å²) in [5, 5.41) is 2.25. The molecule has 0 radical (unpaired) electrons. The standard InChI is InChI=1S/C13H14ClFIN3O/c1-7(14)13-18-10-6-9(16)8(15)5-11(10)19(13)4-3-12(20)17-2/h5-7H,3-4H2,1-2H3,(H,17,20). The number of carbonyl (C=O) groups excluding carboxylic acids is 1. The summed E-state index contributed by atoms with van der Waals surface area (Å²) in [7, 11) is 1.58. The van der Waals surface area contributed by atoms with Crippen LogP contribution in [0.1, 0.15) is 24.5 Å². The van der Waals surface area contributed by atoms with Crippen molar-refractivity contribution in [2.24, 2.45) is 0 Å². The lowest BCUT2D eigenvalue weighted by molar-refractivity contribution is -0.120. The van der Waals surface area contributed by atoms with Crippen molar-refractivity contribution < 1.29 is 9.18 Å². The Labute approximate surface area is 134 Å². The predicted octanol–water partition coefficient (Wildman–Crippen LogP) is 3.22. The highest BCUT2D eigenvalue weighted by Gasteiger charge is 2.17. The summed E-state index contributed by atoms with van der Waals surface area (Å²) in [5.41, 5.74) is 1.35. The van der Waals surface area contributed by atoms with Crippen LogP contribution in [-0.4, -0.2) is 22.5 Å². The van der Waals surface area contributed by atoms with Crippen LogP contribution in [0.15, 0.2) is 12.1 Å². The Morgan fingerprint density at radius 2 is 2.30 bits per heavy atom. The van der Waals surface area contributed by atoms with Crippen LogP contribution in [0.4, 0.5) is 4.39 Å². The van der Waals surface area contributed by atoms with E-state index in [1.54, 1.807) is 24.6 Å². The molecule has 4 nitrogen and oxygen atoms in total. The summed E-state index contributed by atoms with van der Waals surface area (Å²) in [6, 6.07) is 3.13. The van der Waals surface area contributed by atoms with Crippen LogP contribution in [-0.2, 0) is 11.3 Å². The number of hydrogen-bond acceptors (Lipinski definition) is 2. The summed E-state index contributed by atoms with van der Waals surface area (Å²) in [6.45, 7) is 2.23. The molecule has 0 aliphatic rings. The third-order valence-corrected chi connectivity index (χ3v) is 4.04. The number of fused-ring (bicyclic) bond motifs is 1. The number of amides is 1. The van der Waals surface area contributed by atoms with Crippen LogP contribution in [0, 0.1) is 9.39 Å². The topological polar surface area (TPSA) is 46.9 Å². The number of benzene rings is 1. The first-order chi connectivity index (χ1) is 9.43. The molecule has 0 aliphatic carbocycles. The van der Waals surface area contributed by atoms with E-state index in [0.29, 0.717) is 33.4 Å². The lowest BCUT2D eigenvalue weighted by Crippen LogP contribution is -2.20. The number of imidazole rings is 1. The molecule has 1 unspecified atom stereocenters. The summed E-state index contributed by atoms with van der Waals surface area (Å²) in [4.78, 5) is 15.8. The number of aromatic nitrogens is 2. The Morgan fingerprint density at radius 3 is 2.90 bits per heavy atom. The molecule has 1 atom stereocenters. The number of hydrogen-bond donors (Lipinski definition) is 1. The SMILES string of the molecule is CNC(=O)CCn1c(C(C)Cl)nc2cc(I)c(F)cc21. The van der Waals surface area contributed by atoms with E-state index in [1.807, 2.05) is 22.6 Å². The molecule has 0 spiro atoms. The summed E-state index contributed by atoms with van der Waals surface area (Å²) in [6.07, 6.45) is 0.298. The highest BCUT2D eigenvalue weighted by atomic mass is 127. The lowest BCUT2D eigenvalue weighted by Gasteiger charge is -2.10. The fraction of sp³-hybridized carbons (Fsp3) is 0.385. The number of nitrogens with one attached hydrogen (secondary N) is 1. The molecular weight excluding hydrogens is 396 g/mol. The van der Waals surface area contributed by atoms with Crippen molar-refractivity contribution in [3.63, 3.8) is 0 Å². The normalized spacial score (nSPS) is 12.7. The average Bonchev–Trinajstić information content (AvgIpc) is 2.74. The minimum atomic E-state index is -0.312. The third-order valence-electron chi connectivity index (χ3n) is 3.02. The van der Waals surface area contributed by atoms with Gasteiger partial charge >= 0.3 is 0 Å². The minimum absolute atomic E-state index is 0.0778. The molecule has 0 saturated heterocycles. The molecule has 0 aliphatic heterocycles. The second-order valence-corrected chi connectivity index (χ2v) is 6.23. The first kappa shape index (κ1) is 15.5. The molecule has 1 N–H and O–H groups in total. The van der Waals surface area contributed by atoms with Crippen LogP contribution in [0.5, 0.6) is 0 Å². The van der Waals surface area contributed by atoms with Gasteiger partial charge in [0.2, 0.25) is 5.91 Å². The van der Waals surface area contributed by atoms with Gasteiger partial charge < -0.3 is 9.88 Å². The lowest BCUT2D eigenvalue weighted by atomic mass is 10.3. The van der Waals surface area contributed by atoms with Crippen molar-refractivity contribution in [3.8, 4) is 0 Å². The van der Waals surface area contributed by atoms with Gasteiger partial charge in [0, 0.05) is 26.1 Å². The van der Waals surface area contributed by atoms with Gasteiger partial charge in [0.15, 0.2) is 0 Å². The Kier molecular flexibility index (Phi) is 4.85. The summed E-state index contributed by atoms with van der Waals surface area (Å²) >= 11 is 8.06. The zero-order valence-electron chi connectivity index (χ0n) is 11.1. The Bertz CT molecular complexity index is 657. The highest BCUT2D eigenvalue weighted by molar-refractivity contribution is 14.1. The minimum Gasteiger partial charge on any atom is -0.359 e. The number of halogens is 3. The quantitative estimate of drug-likeness (QED) is 0.623. The molecule has 2 aromatic rings. The maximum atomic E-state index is 13.7. The van der Waals surface area contributed by atoms with Crippen LogP contribution < -0.4 is 5.32 Å². The van der Waals surface area contributed by atoms with E-state index in [0.717, 1.165) is 0 Å². The monoisotopic (exact) mass is 409 g/mol. The van der Waals surface area contributed by atoms with E-state index in [1.165, 1.54) is 6.07 Å². The number of carbonyl (C=O) groups is 1. The number of alkyl halides is 1. The van der Waals surface area contributed by atoms with E-state index in [-0.39, 0.29) is 17.1 Å². The fourth-order valence-corrected chi connectivity index (χ4v) is 2.63. The van der Waals surface area contributed by atoms with Crippen LogP contribution in [0.3, 0.4) is 0 Å². The number of nitrogens with zero attached hydrogens (tertiary/aromatic N) is 2. The van der Waals surface area contributed by atoms with Gasteiger partial charge in [-0.3, -0.25) is 4.79 Å². The molecule has 1 aromatic carbocycles. The molecule has 1 heterocycles. The maximum absolute atomic E-state index is 13.7. The van der Waals surface area contributed by atoms with E-state index >= 15 is 0 Å². The average molecular weight is 410 g/mol. The van der Waals surface area contributed by atoms with Gasteiger partial charge in [-0.1, -0.05) is 0 Å². The van der Waals surface area contributed by atoms with Gasteiger partial charge in [0.1, 0.15) is 11.6 Å². The molecule has 1 aromatic heterocycles. The van der Waals surface area contributed by atoms with E-state index in [2.05, 4.69) is 10.3 Å². The fourth-order valence-electron chi connectivity index (χ4n) is 2.02. The van der Waals surface area contributed by atoms with Crippen molar-refractivity contribution in [1.29, 1.82) is 0 Å². The van der Waals surface area contributed by atoms with Gasteiger partial charge in [0.05, 0.1) is 20.0 Å². The third kappa shape index (κ3) is 3.06. The van der Waals surface area contributed by atoms with Crippen LogP contribution in [0.25, 0.3) is 11.0 Å². The van der Waals surface area contributed by atoms with E-state index in [4.69, 9.17) is 11.6 Å². The van der Waals surface area contributed by atoms with Crippen molar-refractivity contribution in [3.05, 3.63) is 27.3 Å². The summed E-state index contributed by atoms with van der Waals surface area (Å²) in [5.74, 6) is 0.269. The Morgan fingerprint density at radius 1 is 1.60 bits per heavy atom. The second-order valence-electron chi connectivity index (χ2n) is 4.42. The van der Waals surface area contributed by atoms with Crippen molar-refractivity contribution in [2.45, 2.75) is 25.3 Å². The number of aryl methyl sites for hydroxylation is 1. The molecule has 1 amide bonds. The second kappa shape index (κ2) is 6.26. The first-order valence-electron chi connectivity index (χ1n) is 6.14. The largest absolute Gasteiger partial charge is 0.359 e. The summed E-state index contributed by atoms with van der Waals surface area (Å²) < 4.78 is 16.1.